The lowest BCUT2D eigenvalue weighted by Gasteiger charge is -2.30. The maximum Gasteiger partial charge on any atom is 0.245 e. The van der Waals surface area contributed by atoms with Crippen LogP contribution in [0.5, 0.6) is 0 Å². The molecule has 1 heterocycles. The molecule has 0 aromatic heterocycles. The number of hydrogen-bond donors (Lipinski definition) is 14. The number of likely N-dealkylation sites (N-methyl/N-ethyl adjacent to an activating group) is 1. The third-order valence-corrected chi connectivity index (χ3v) is 9.02. The predicted octanol–water partition coefficient (Wildman–Crippen LogP) is -7.03. The van der Waals surface area contributed by atoms with Gasteiger partial charge in [0.15, 0.2) is 5.96 Å². The number of nitrogens with two attached hydrogens (primary N) is 3. The van der Waals surface area contributed by atoms with Gasteiger partial charge in [-0.05, 0) is 50.5 Å². The van der Waals surface area contributed by atoms with Crippen molar-refractivity contribution in [3.8, 4) is 0 Å². The van der Waals surface area contributed by atoms with E-state index in [1.807, 2.05) is 0 Å². The fraction of sp³-hybridized carbons (Fsp3) is 0.676. The van der Waals surface area contributed by atoms with Gasteiger partial charge in [-0.1, -0.05) is 11.5 Å². The summed E-state index contributed by atoms with van der Waals surface area (Å²) in [6.07, 6.45) is 1.75. The van der Waals surface area contributed by atoms with Gasteiger partial charge < -0.3 is 75.1 Å². The highest BCUT2D eigenvalue weighted by molar-refractivity contribution is 5.97. The highest BCUT2D eigenvalue weighted by Crippen LogP contribution is 2.20. The number of primary amides is 1. The first-order chi connectivity index (χ1) is 29.4. The molecule has 0 spiro atoms. The van der Waals surface area contributed by atoms with Crippen molar-refractivity contribution in [2.75, 3.05) is 59.5 Å². The fourth-order valence-corrected chi connectivity index (χ4v) is 5.74. The summed E-state index contributed by atoms with van der Waals surface area (Å²) in [6.45, 7) is -2.73. The molecule has 0 radical (unpaired) electrons. The topological polar surface area (TPSA) is 453 Å². The molecule has 0 unspecified atom stereocenters. The fourth-order valence-electron chi connectivity index (χ4n) is 5.74. The lowest BCUT2D eigenvalue weighted by molar-refractivity contribution is -0.142. The third kappa shape index (κ3) is 21.5. The van der Waals surface area contributed by atoms with Gasteiger partial charge in [0, 0.05) is 38.0 Å². The molecule has 1 saturated heterocycles. The van der Waals surface area contributed by atoms with E-state index in [1.54, 1.807) is 0 Å². The Morgan fingerprint density at radius 2 is 1.34 bits per heavy atom. The molecule has 10 amide bonds. The molecule has 17 N–H and O–H groups in total. The average molecular weight is 882 g/mol. The number of amides is 10. The highest BCUT2D eigenvalue weighted by atomic mass is 16.3. The lowest BCUT2D eigenvalue weighted by atomic mass is 10.1. The van der Waals surface area contributed by atoms with Crippen LogP contribution in [0.2, 0.25) is 0 Å². The number of rotatable bonds is 29. The Hall–Kier alpha value is -6.80. The minimum atomic E-state index is -1.67. The van der Waals surface area contributed by atoms with Gasteiger partial charge in [-0.2, -0.15) is 0 Å². The summed E-state index contributed by atoms with van der Waals surface area (Å²) in [4.78, 5) is 129. The number of likely N-dealkylation sites (tertiary alicyclic amines) is 1. The average Bonchev–Trinajstić information content (AvgIpc) is 3.74. The summed E-state index contributed by atoms with van der Waals surface area (Å²) in [5.41, 5.74) is 24.6. The SMILES string of the molecule is CNC(=O)[C@@H]1CCCN1C(=O)[C@H](CCCNC(=N)N)NC(=O)[C@H](CCC(N)=O)NC(=O)[C@H](CO)NC(=O)CNC(=O)CNC(=O)CNC(=O)CNC(=O)[C@@H](N)CCCCN=[N+]=[N-]. The number of aliphatic hydroxyl groups excluding tert-OH is 1. The van der Waals surface area contributed by atoms with Gasteiger partial charge in [0.2, 0.25) is 59.1 Å². The molecule has 5 atom stereocenters. The zero-order chi connectivity index (χ0) is 46.6. The van der Waals surface area contributed by atoms with E-state index in [9.17, 15) is 53.1 Å². The number of azide groups is 1. The zero-order valence-corrected chi connectivity index (χ0v) is 34.5. The van der Waals surface area contributed by atoms with Crippen molar-refractivity contribution < 1.29 is 53.1 Å². The molecule has 1 aliphatic heterocycles. The van der Waals surface area contributed by atoms with Crippen molar-refractivity contribution in [3.05, 3.63) is 10.4 Å². The van der Waals surface area contributed by atoms with Crippen molar-refractivity contribution in [1.82, 2.24) is 52.8 Å². The minimum absolute atomic E-state index is 0.0155. The Labute approximate surface area is 356 Å². The lowest BCUT2D eigenvalue weighted by Crippen LogP contribution is -2.59. The van der Waals surface area contributed by atoms with Crippen LogP contribution in [0, 0.1) is 5.41 Å². The Morgan fingerprint density at radius 1 is 0.758 bits per heavy atom. The molecule has 0 aliphatic carbocycles. The second-order valence-corrected chi connectivity index (χ2v) is 13.8. The Morgan fingerprint density at radius 3 is 1.90 bits per heavy atom. The van der Waals surface area contributed by atoms with E-state index in [2.05, 4.69) is 57.9 Å². The summed E-state index contributed by atoms with van der Waals surface area (Å²) < 4.78 is 0. The normalized spacial score (nSPS) is 14.8. The van der Waals surface area contributed by atoms with Crippen LogP contribution in [-0.4, -0.2) is 165 Å². The van der Waals surface area contributed by atoms with Crippen LogP contribution < -0.4 is 65.1 Å². The quantitative estimate of drug-likeness (QED) is 0.00830. The van der Waals surface area contributed by atoms with Gasteiger partial charge in [0.25, 0.3) is 0 Å². The number of carbonyl (C=O) groups excluding carboxylic acids is 10. The molecule has 0 saturated carbocycles. The van der Waals surface area contributed by atoms with E-state index in [0.717, 1.165) is 0 Å². The van der Waals surface area contributed by atoms with Crippen LogP contribution >= 0.6 is 0 Å². The van der Waals surface area contributed by atoms with Crippen LogP contribution in [0.1, 0.15) is 57.8 Å². The van der Waals surface area contributed by atoms with Crippen LogP contribution in [0.3, 0.4) is 0 Å². The summed E-state index contributed by atoms with van der Waals surface area (Å²) >= 11 is 0. The van der Waals surface area contributed by atoms with Gasteiger partial charge >= 0.3 is 0 Å². The van der Waals surface area contributed by atoms with E-state index in [4.69, 9.17) is 28.1 Å². The van der Waals surface area contributed by atoms with Gasteiger partial charge in [-0.25, -0.2) is 0 Å². The smallest absolute Gasteiger partial charge is 0.245 e. The molecule has 1 aliphatic rings. The van der Waals surface area contributed by atoms with Crippen molar-refractivity contribution in [3.63, 3.8) is 0 Å². The highest BCUT2D eigenvalue weighted by Gasteiger charge is 2.38. The molecule has 0 aromatic carbocycles. The van der Waals surface area contributed by atoms with E-state index in [0.29, 0.717) is 32.1 Å². The first-order valence-corrected chi connectivity index (χ1v) is 19.7. The molecule has 0 aromatic rings. The number of nitrogens with one attached hydrogen (secondary N) is 10. The maximum absolute atomic E-state index is 13.7. The van der Waals surface area contributed by atoms with Crippen LogP contribution in [0.4, 0.5) is 0 Å². The summed E-state index contributed by atoms with van der Waals surface area (Å²) in [5.74, 6) is -8.09. The minimum Gasteiger partial charge on any atom is -0.394 e. The van der Waals surface area contributed by atoms with Gasteiger partial charge in [-0.15, -0.1) is 0 Å². The standard InChI is InChI=1S/C34H59N17O11/c1-40-32(61)23-8-5-13-51(23)33(62)21(7-4-11-41-34(37)38)49-30(59)20(9-10-24(36)53)48-31(60)22(18-52)47-28(57)17-44-26(55)15-42-25(54)14-43-27(56)16-45-29(58)19(35)6-2-3-12-46-50-39/h19-23,52H,2-18,35H2,1H3,(H2,36,53)(H,40,61)(H,42,54)(H,43,56)(H,44,55)(H,45,58)(H,47,57)(H,48,60)(H,49,59)(H4,37,38,41)/t19-,20-,21-,22-,23-/m0/s1. The van der Waals surface area contributed by atoms with Crippen LogP contribution in [0.15, 0.2) is 5.11 Å². The number of aliphatic hydroxyl groups is 1. The molecule has 28 nitrogen and oxygen atoms in total. The Balaban J connectivity index is 2.72. The number of guanidine groups is 1. The zero-order valence-electron chi connectivity index (χ0n) is 34.5. The van der Waals surface area contributed by atoms with Crippen molar-refractivity contribution in [2.24, 2.45) is 22.3 Å². The van der Waals surface area contributed by atoms with Crippen molar-refractivity contribution in [1.29, 1.82) is 5.41 Å². The summed E-state index contributed by atoms with van der Waals surface area (Å²) in [7, 11) is 1.42. The van der Waals surface area contributed by atoms with Crippen LogP contribution in [0.25, 0.3) is 10.4 Å². The molecule has 346 valence electrons. The second kappa shape index (κ2) is 29.4. The molecular formula is C34H59N17O11. The number of hydrogen-bond acceptors (Lipinski definition) is 14. The van der Waals surface area contributed by atoms with E-state index in [1.165, 1.54) is 11.9 Å². The number of carbonyl (C=O) groups is 10. The molecular weight excluding hydrogens is 822 g/mol. The predicted molar refractivity (Wildman–Crippen MR) is 217 cm³/mol. The van der Waals surface area contributed by atoms with Gasteiger partial charge in [0.1, 0.15) is 24.2 Å². The second-order valence-electron chi connectivity index (χ2n) is 13.8. The monoisotopic (exact) mass is 881 g/mol. The largest absolute Gasteiger partial charge is 0.394 e. The third-order valence-electron chi connectivity index (χ3n) is 9.02. The van der Waals surface area contributed by atoms with Gasteiger partial charge in [0.05, 0.1) is 38.8 Å². The Bertz CT molecular complexity index is 1660. The van der Waals surface area contributed by atoms with Gasteiger partial charge in [-0.3, -0.25) is 53.4 Å². The first-order valence-electron chi connectivity index (χ1n) is 19.7. The van der Waals surface area contributed by atoms with E-state index >= 15 is 0 Å². The van der Waals surface area contributed by atoms with Crippen molar-refractivity contribution in [2.45, 2.75) is 88.0 Å². The van der Waals surface area contributed by atoms with Crippen LogP contribution in [-0.2, 0) is 47.9 Å². The molecule has 1 rings (SSSR count). The Kier molecular flexibility index (Phi) is 25.3. The summed E-state index contributed by atoms with van der Waals surface area (Å²) in [6, 6.07) is -6.10. The number of unbranched alkanes of at least 4 members (excludes halogenated alkanes) is 1. The molecule has 1 fully saturated rings. The van der Waals surface area contributed by atoms with Crippen molar-refractivity contribution >= 4 is 65.0 Å². The van der Waals surface area contributed by atoms with E-state index < -0.39 is 128 Å². The number of nitrogens with zero attached hydrogens (tertiary/aromatic N) is 4. The molecule has 0 bridgehead atoms. The molecule has 62 heavy (non-hydrogen) atoms. The first kappa shape index (κ1) is 53.2. The molecule has 28 heteroatoms. The van der Waals surface area contributed by atoms with E-state index in [-0.39, 0.29) is 44.9 Å². The maximum atomic E-state index is 13.7. The summed E-state index contributed by atoms with van der Waals surface area (Å²) in [5, 5.41) is 41.7.